The lowest BCUT2D eigenvalue weighted by atomic mass is 9.99. The maximum absolute atomic E-state index is 12.7. The molecule has 28 heavy (non-hydrogen) atoms. The van der Waals surface area contributed by atoms with Crippen molar-refractivity contribution < 1.29 is 19.1 Å². The molecule has 0 bridgehead atoms. The van der Waals surface area contributed by atoms with Crippen molar-refractivity contribution in [1.29, 1.82) is 0 Å². The summed E-state index contributed by atoms with van der Waals surface area (Å²) in [5.74, 6) is -0.0379. The van der Waals surface area contributed by atoms with E-state index in [1.165, 1.54) is 0 Å². The zero-order valence-electron chi connectivity index (χ0n) is 14.9. The highest BCUT2D eigenvalue weighted by molar-refractivity contribution is 6.12. The maximum Gasteiger partial charge on any atom is 0.344 e. The first-order chi connectivity index (χ1) is 13.7. The third kappa shape index (κ3) is 3.62. The first-order valence-electron chi connectivity index (χ1n) is 8.78. The molecular formula is C24H16O4. The van der Waals surface area contributed by atoms with Crippen LogP contribution in [0.15, 0.2) is 97.1 Å². The minimum Gasteiger partial charge on any atom is -0.423 e. The predicted octanol–water partition coefficient (Wildman–Crippen LogP) is 5.28. The summed E-state index contributed by atoms with van der Waals surface area (Å²) < 4.78 is 10.9. The lowest BCUT2D eigenvalue weighted by Gasteiger charge is -2.11. The number of para-hydroxylation sites is 2. The Kier molecular flexibility index (Phi) is 4.85. The van der Waals surface area contributed by atoms with Gasteiger partial charge in [0.1, 0.15) is 11.5 Å². The normalized spacial score (nSPS) is 10.4. The largest absolute Gasteiger partial charge is 0.423 e. The number of hydrogen-bond donors (Lipinski definition) is 0. The molecule has 4 nitrogen and oxygen atoms in total. The highest BCUT2D eigenvalue weighted by Crippen LogP contribution is 2.25. The Morgan fingerprint density at radius 1 is 0.464 bits per heavy atom. The Bertz CT molecular complexity index is 1040. The van der Waals surface area contributed by atoms with E-state index in [0.29, 0.717) is 33.4 Å². The number of benzene rings is 4. The summed E-state index contributed by atoms with van der Waals surface area (Å²) in [5, 5.41) is 1.26. The van der Waals surface area contributed by atoms with Gasteiger partial charge in [-0.3, -0.25) is 0 Å². The van der Waals surface area contributed by atoms with Crippen molar-refractivity contribution >= 4 is 22.7 Å². The molecule has 0 N–H and O–H groups in total. The molecule has 0 saturated heterocycles. The molecule has 4 rings (SSSR count). The third-order valence-corrected chi connectivity index (χ3v) is 4.27. The van der Waals surface area contributed by atoms with Crippen LogP contribution < -0.4 is 9.47 Å². The van der Waals surface area contributed by atoms with Crippen molar-refractivity contribution in [2.75, 3.05) is 0 Å². The highest BCUT2D eigenvalue weighted by atomic mass is 16.5. The van der Waals surface area contributed by atoms with Crippen LogP contribution in [-0.2, 0) is 0 Å². The summed E-state index contributed by atoms with van der Waals surface area (Å²) in [5.41, 5.74) is 0.770. The molecule has 0 amide bonds. The molecule has 0 aliphatic rings. The van der Waals surface area contributed by atoms with Gasteiger partial charge < -0.3 is 9.47 Å². The molecule has 0 aromatic heterocycles. The van der Waals surface area contributed by atoms with Gasteiger partial charge in [-0.25, -0.2) is 9.59 Å². The van der Waals surface area contributed by atoms with Crippen LogP contribution in [0.5, 0.6) is 11.5 Å². The van der Waals surface area contributed by atoms with E-state index < -0.39 is 11.9 Å². The molecule has 0 unspecified atom stereocenters. The molecule has 0 aliphatic carbocycles. The second kappa shape index (κ2) is 7.76. The molecule has 0 atom stereocenters. The Labute approximate surface area is 162 Å². The fourth-order valence-corrected chi connectivity index (χ4v) is 2.96. The van der Waals surface area contributed by atoms with E-state index in [9.17, 15) is 9.59 Å². The summed E-state index contributed by atoms with van der Waals surface area (Å²) in [7, 11) is 0. The van der Waals surface area contributed by atoms with E-state index in [1.807, 2.05) is 24.3 Å². The van der Waals surface area contributed by atoms with Gasteiger partial charge in [0, 0.05) is 0 Å². The Balaban J connectivity index is 1.69. The Hall–Kier alpha value is -3.92. The van der Waals surface area contributed by atoms with Crippen LogP contribution in [0.3, 0.4) is 0 Å². The van der Waals surface area contributed by atoms with Gasteiger partial charge in [0.25, 0.3) is 0 Å². The van der Waals surface area contributed by atoms with E-state index in [0.717, 1.165) is 0 Å². The fourth-order valence-electron chi connectivity index (χ4n) is 2.96. The van der Waals surface area contributed by atoms with Gasteiger partial charge in [-0.15, -0.1) is 0 Å². The van der Waals surface area contributed by atoms with Gasteiger partial charge >= 0.3 is 11.9 Å². The van der Waals surface area contributed by atoms with Crippen LogP contribution in [0.2, 0.25) is 0 Å². The zero-order valence-corrected chi connectivity index (χ0v) is 14.9. The molecule has 0 fully saturated rings. The van der Waals surface area contributed by atoms with Crippen LogP contribution in [0.1, 0.15) is 20.7 Å². The number of carbonyl (C=O) groups is 2. The SMILES string of the molecule is O=C(Oc1ccccc1)c1ccc(C(=O)Oc2ccccc2)c2ccccc12. The van der Waals surface area contributed by atoms with Crippen LogP contribution in [0.25, 0.3) is 10.8 Å². The van der Waals surface area contributed by atoms with Gasteiger partial charge in [-0.2, -0.15) is 0 Å². The number of esters is 2. The van der Waals surface area contributed by atoms with Crippen molar-refractivity contribution in [1.82, 2.24) is 0 Å². The van der Waals surface area contributed by atoms with Crippen LogP contribution in [-0.4, -0.2) is 11.9 Å². The molecule has 4 heteroatoms. The first-order valence-corrected chi connectivity index (χ1v) is 8.78. The quantitative estimate of drug-likeness (QED) is 0.363. The molecule has 136 valence electrons. The first kappa shape index (κ1) is 17.5. The molecule has 0 heterocycles. The molecule has 0 spiro atoms. The molecule has 0 radical (unpaired) electrons. The van der Waals surface area contributed by atoms with Gasteiger partial charge in [0.05, 0.1) is 11.1 Å². The van der Waals surface area contributed by atoms with Crippen molar-refractivity contribution in [3.8, 4) is 11.5 Å². The van der Waals surface area contributed by atoms with Crippen LogP contribution >= 0.6 is 0 Å². The standard InChI is InChI=1S/C24H16O4/c25-23(27-17-9-3-1-4-10-17)21-15-16-22(20-14-8-7-13-19(20)21)24(26)28-18-11-5-2-6-12-18/h1-16H. The van der Waals surface area contributed by atoms with Gasteiger partial charge in [-0.1, -0.05) is 60.7 Å². The minimum absolute atomic E-state index is 0.385. The predicted molar refractivity (Wildman–Crippen MR) is 107 cm³/mol. The van der Waals surface area contributed by atoms with E-state index in [1.54, 1.807) is 72.8 Å². The van der Waals surface area contributed by atoms with E-state index in [-0.39, 0.29) is 0 Å². The average Bonchev–Trinajstić information content (AvgIpc) is 2.74. The molecule has 4 aromatic rings. The average molecular weight is 368 g/mol. The monoisotopic (exact) mass is 368 g/mol. The topological polar surface area (TPSA) is 52.6 Å². The van der Waals surface area contributed by atoms with Crippen molar-refractivity contribution in [3.63, 3.8) is 0 Å². The van der Waals surface area contributed by atoms with Gasteiger partial charge in [0.2, 0.25) is 0 Å². The van der Waals surface area contributed by atoms with Crippen molar-refractivity contribution in [3.05, 3.63) is 108 Å². The summed E-state index contributed by atoms with van der Waals surface area (Å²) in [6, 6.07) is 28.1. The number of hydrogen-bond acceptors (Lipinski definition) is 4. The van der Waals surface area contributed by atoms with Crippen LogP contribution in [0, 0.1) is 0 Å². The summed E-state index contributed by atoms with van der Waals surface area (Å²) >= 11 is 0. The van der Waals surface area contributed by atoms with E-state index in [4.69, 9.17) is 9.47 Å². The second-order valence-corrected chi connectivity index (χ2v) is 6.11. The molecule has 0 aliphatic heterocycles. The lowest BCUT2D eigenvalue weighted by Crippen LogP contribution is -2.12. The smallest absolute Gasteiger partial charge is 0.344 e. The number of fused-ring (bicyclic) bond motifs is 1. The fraction of sp³-hybridized carbons (Fsp3) is 0. The maximum atomic E-state index is 12.7. The zero-order chi connectivity index (χ0) is 19.3. The number of ether oxygens (including phenoxy) is 2. The lowest BCUT2D eigenvalue weighted by molar-refractivity contribution is 0.0723. The van der Waals surface area contributed by atoms with Crippen molar-refractivity contribution in [2.45, 2.75) is 0 Å². The Morgan fingerprint density at radius 3 is 1.21 bits per heavy atom. The molecule has 0 saturated carbocycles. The summed E-state index contributed by atoms with van der Waals surface area (Å²) in [4.78, 5) is 25.3. The van der Waals surface area contributed by atoms with E-state index >= 15 is 0 Å². The third-order valence-electron chi connectivity index (χ3n) is 4.27. The summed E-state index contributed by atoms with van der Waals surface area (Å²) in [6.07, 6.45) is 0. The van der Waals surface area contributed by atoms with Crippen LogP contribution in [0.4, 0.5) is 0 Å². The van der Waals surface area contributed by atoms with Gasteiger partial charge in [0.15, 0.2) is 0 Å². The molecular weight excluding hydrogens is 352 g/mol. The second-order valence-electron chi connectivity index (χ2n) is 6.11. The summed E-state index contributed by atoms with van der Waals surface area (Å²) in [6.45, 7) is 0. The highest BCUT2D eigenvalue weighted by Gasteiger charge is 2.18. The molecule has 4 aromatic carbocycles. The van der Waals surface area contributed by atoms with Crippen molar-refractivity contribution in [2.24, 2.45) is 0 Å². The minimum atomic E-state index is -0.481. The Morgan fingerprint density at radius 2 is 0.821 bits per heavy atom. The number of rotatable bonds is 4. The van der Waals surface area contributed by atoms with E-state index in [2.05, 4.69) is 0 Å². The van der Waals surface area contributed by atoms with Gasteiger partial charge in [-0.05, 0) is 47.2 Å². The number of carbonyl (C=O) groups excluding carboxylic acids is 2.